The highest BCUT2D eigenvalue weighted by Crippen LogP contribution is 2.31. The van der Waals surface area contributed by atoms with Crippen LogP contribution in [0.5, 0.6) is 11.5 Å². The number of ether oxygens (including phenoxy) is 3. The standard InChI is InChI=1S/C23H29NO5/c1-6-29-21(25)17-9-7-16(8-10-17)11-12-24-22(26)23(2,3)18-13-19(27-4)15-20(14-18)28-5/h7-10,13-15H,6,11-12H2,1-5H3,(H,24,26). The van der Waals surface area contributed by atoms with Gasteiger partial charge < -0.3 is 19.5 Å². The third-order valence-electron chi connectivity index (χ3n) is 4.81. The van der Waals surface area contributed by atoms with Gasteiger partial charge in [-0.15, -0.1) is 0 Å². The third kappa shape index (κ3) is 5.73. The van der Waals surface area contributed by atoms with Crippen LogP contribution in [-0.4, -0.2) is 39.2 Å². The normalized spacial score (nSPS) is 10.9. The minimum atomic E-state index is -0.754. The molecule has 6 heteroatoms. The van der Waals surface area contributed by atoms with E-state index in [9.17, 15) is 9.59 Å². The molecule has 0 aliphatic carbocycles. The van der Waals surface area contributed by atoms with E-state index in [0.29, 0.717) is 36.6 Å². The molecular weight excluding hydrogens is 370 g/mol. The van der Waals surface area contributed by atoms with Crippen molar-refractivity contribution in [2.45, 2.75) is 32.6 Å². The van der Waals surface area contributed by atoms with E-state index in [1.165, 1.54) is 0 Å². The monoisotopic (exact) mass is 399 g/mol. The van der Waals surface area contributed by atoms with Gasteiger partial charge in [0, 0.05) is 12.6 Å². The molecule has 0 radical (unpaired) electrons. The molecule has 2 aromatic rings. The quantitative estimate of drug-likeness (QED) is 0.653. The largest absolute Gasteiger partial charge is 0.497 e. The van der Waals surface area contributed by atoms with Crippen LogP contribution in [0.4, 0.5) is 0 Å². The van der Waals surface area contributed by atoms with Crippen LogP contribution in [0, 0.1) is 0 Å². The zero-order valence-electron chi connectivity index (χ0n) is 17.7. The summed E-state index contributed by atoms with van der Waals surface area (Å²) >= 11 is 0. The van der Waals surface area contributed by atoms with Gasteiger partial charge in [0.05, 0.1) is 31.8 Å². The maximum Gasteiger partial charge on any atom is 0.338 e. The first kappa shape index (κ1) is 22.3. The summed E-state index contributed by atoms with van der Waals surface area (Å²) in [6.07, 6.45) is 0.659. The van der Waals surface area contributed by atoms with Gasteiger partial charge in [0.15, 0.2) is 0 Å². The van der Waals surface area contributed by atoms with Crippen LogP contribution < -0.4 is 14.8 Å². The number of methoxy groups -OCH3 is 2. The molecule has 2 aromatic carbocycles. The average molecular weight is 399 g/mol. The first-order valence-electron chi connectivity index (χ1n) is 9.59. The Morgan fingerprint density at radius 1 is 0.966 bits per heavy atom. The molecule has 0 saturated heterocycles. The van der Waals surface area contributed by atoms with Crippen LogP contribution in [-0.2, 0) is 21.4 Å². The molecule has 0 fully saturated rings. The van der Waals surface area contributed by atoms with Gasteiger partial charge in [-0.3, -0.25) is 4.79 Å². The smallest absolute Gasteiger partial charge is 0.338 e. The zero-order chi connectivity index (χ0) is 21.4. The van der Waals surface area contributed by atoms with Crippen molar-refractivity contribution in [2.75, 3.05) is 27.4 Å². The highest BCUT2D eigenvalue weighted by Gasteiger charge is 2.30. The molecule has 0 unspecified atom stereocenters. The molecular formula is C23H29NO5. The molecule has 2 rings (SSSR count). The molecule has 0 saturated carbocycles. The summed E-state index contributed by atoms with van der Waals surface area (Å²) in [5, 5.41) is 2.99. The molecule has 0 aliphatic heterocycles. The van der Waals surface area contributed by atoms with Gasteiger partial charge in [-0.25, -0.2) is 4.79 Å². The number of esters is 1. The van der Waals surface area contributed by atoms with Gasteiger partial charge in [-0.05, 0) is 62.6 Å². The van der Waals surface area contributed by atoms with Crippen molar-refractivity contribution in [3.63, 3.8) is 0 Å². The van der Waals surface area contributed by atoms with Crippen molar-refractivity contribution in [1.29, 1.82) is 0 Å². The Balaban J connectivity index is 1.98. The van der Waals surface area contributed by atoms with Crippen LogP contribution >= 0.6 is 0 Å². The summed E-state index contributed by atoms with van der Waals surface area (Å²) in [5.74, 6) is 0.864. The topological polar surface area (TPSA) is 73.9 Å². The fraction of sp³-hybridized carbons (Fsp3) is 0.391. The van der Waals surface area contributed by atoms with Crippen LogP contribution in [0.3, 0.4) is 0 Å². The minimum Gasteiger partial charge on any atom is -0.497 e. The number of hydrogen-bond acceptors (Lipinski definition) is 5. The maximum atomic E-state index is 12.8. The molecule has 0 spiro atoms. The van der Waals surface area contributed by atoms with E-state index in [4.69, 9.17) is 14.2 Å². The predicted molar refractivity (Wildman–Crippen MR) is 112 cm³/mol. The Labute approximate surface area is 172 Å². The number of nitrogens with one attached hydrogen (secondary N) is 1. The van der Waals surface area contributed by atoms with E-state index in [0.717, 1.165) is 11.1 Å². The van der Waals surface area contributed by atoms with Crippen LogP contribution in [0.25, 0.3) is 0 Å². The van der Waals surface area contributed by atoms with Gasteiger partial charge in [0.1, 0.15) is 11.5 Å². The van der Waals surface area contributed by atoms with Gasteiger partial charge >= 0.3 is 5.97 Å². The number of carbonyl (C=O) groups is 2. The minimum absolute atomic E-state index is 0.0871. The Bertz CT molecular complexity index is 821. The summed E-state index contributed by atoms with van der Waals surface area (Å²) in [5.41, 5.74) is 1.60. The van der Waals surface area contributed by atoms with Crippen LogP contribution in [0.2, 0.25) is 0 Å². The van der Waals surface area contributed by atoms with Gasteiger partial charge in [-0.2, -0.15) is 0 Å². The molecule has 1 N–H and O–H groups in total. The Morgan fingerprint density at radius 3 is 2.07 bits per heavy atom. The van der Waals surface area contributed by atoms with Gasteiger partial charge in [0.25, 0.3) is 0 Å². The van der Waals surface area contributed by atoms with Crippen LogP contribution in [0.1, 0.15) is 42.3 Å². The molecule has 6 nitrogen and oxygen atoms in total. The lowest BCUT2D eigenvalue weighted by Gasteiger charge is -2.25. The lowest BCUT2D eigenvalue weighted by molar-refractivity contribution is -0.125. The van der Waals surface area contributed by atoms with E-state index in [2.05, 4.69) is 5.32 Å². The van der Waals surface area contributed by atoms with E-state index in [1.54, 1.807) is 39.3 Å². The van der Waals surface area contributed by atoms with Crippen molar-refractivity contribution in [3.05, 3.63) is 59.2 Å². The second kappa shape index (κ2) is 9.96. The number of rotatable bonds is 9. The van der Waals surface area contributed by atoms with Crippen molar-refractivity contribution < 1.29 is 23.8 Å². The third-order valence-corrected chi connectivity index (χ3v) is 4.81. The molecule has 1 amide bonds. The molecule has 0 atom stereocenters. The van der Waals surface area contributed by atoms with E-state index < -0.39 is 5.41 Å². The number of benzene rings is 2. The summed E-state index contributed by atoms with van der Waals surface area (Å²) < 4.78 is 15.6. The van der Waals surface area contributed by atoms with Gasteiger partial charge in [0.2, 0.25) is 5.91 Å². The second-order valence-corrected chi connectivity index (χ2v) is 7.15. The summed E-state index contributed by atoms with van der Waals surface area (Å²) in [7, 11) is 3.16. The van der Waals surface area contributed by atoms with Crippen molar-refractivity contribution in [3.8, 4) is 11.5 Å². The lowest BCUT2D eigenvalue weighted by atomic mass is 9.83. The van der Waals surface area contributed by atoms with E-state index in [1.807, 2.05) is 38.1 Å². The number of carbonyl (C=O) groups excluding carboxylic acids is 2. The number of hydrogen-bond donors (Lipinski definition) is 1. The molecule has 29 heavy (non-hydrogen) atoms. The van der Waals surface area contributed by atoms with Crippen LogP contribution in [0.15, 0.2) is 42.5 Å². The average Bonchev–Trinajstić information content (AvgIpc) is 2.73. The molecule has 0 heterocycles. The molecule has 0 aromatic heterocycles. The lowest BCUT2D eigenvalue weighted by Crippen LogP contribution is -2.41. The summed E-state index contributed by atoms with van der Waals surface area (Å²) in [6.45, 7) is 6.34. The molecule has 0 aliphatic rings. The predicted octanol–water partition coefficient (Wildman–Crippen LogP) is 3.52. The Hall–Kier alpha value is -3.02. The van der Waals surface area contributed by atoms with E-state index >= 15 is 0 Å². The zero-order valence-corrected chi connectivity index (χ0v) is 17.7. The second-order valence-electron chi connectivity index (χ2n) is 7.15. The first-order chi connectivity index (χ1) is 13.8. The van der Waals surface area contributed by atoms with E-state index in [-0.39, 0.29) is 11.9 Å². The summed E-state index contributed by atoms with van der Waals surface area (Å²) in [6, 6.07) is 12.7. The number of amides is 1. The fourth-order valence-corrected chi connectivity index (χ4v) is 2.86. The molecule has 156 valence electrons. The first-order valence-corrected chi connectivity index (χ1v) is 9.59. The van der Waals surface area contributed by atoms with Crippen molar-refractivity contribution in [1.82, 2.24) is 5.32 Å². The van der Waals surface area contributed by atoms with Crippen molar-refractivity contribution >= 4 is 11.9 Å². The highest BCUT2D eigenvalue weighted by molar-refractivity contribution is 5.89. The Morgan fingerprint density at radius 2 is 1.55 bits per heavy atom. The van der Waals surface area contributed by atoms with Crippen molar-refractivity contribution in [2.24, 2.45) is 0 Å². The maximum absolute atomic E-state index is 12.8. The molecule has 0 bridgehead atoms. The SMILES string of the molecule is CCOC(=O)c1ccc(CCNC(=O)C(C)(C)c2cc(OC)cc(OC)c2)cc1. The fourth-order valence-electron chi connectivity index (χ4n) is 2.86. The highest BCUT2D eigenvalue weighted by atomic mass is 16.5. The Kier molecular flexibility index (Phi) is 7.65. The van der Waals surface area contributed by atoms with Gasteiger partial charge in [-0.1, -0.05) is 12.1 Å². The summed E-state index contributed by atoms with van der Waals surface area (Å²) in [4.78, 5) is 24.5.